The SMILES string of the molecule is C=CC(=O)N1C(C)CN(c2nc(=O)n3c4c(c(-c5c(F)cc(F)c6sc(N)c(C#N)c56)c(C(F)(F)F)cc24)SCC2(C3)CS(=O)(=O)C2)CC1C. The number of alkyl halides is 3. The number of thioether (sulfide) groups is 1. The number of aromatic nitrogens is 2. The molecule has 1 spiro atoms. The number of nitrogens with zero attached hydrogens (tertiary/aromatic N) is 5. The third-order valence-electron chi connectivity index (χ3n) is 9.48. The van der Waals surface area contributed by atoms with Gasteiger partial charge in [-0.1, -0.05) is 6.58 Å². The first-order valence-corrected chi connectivity index (χ1v) is 18.8. The first-order chi connectivity index (χ1) is 23.4. The number of hydrogen-bond donors (Lipinski definition) is 1. The minimum absolute atomic E-state index is 0.0299. The Hall–Kier alpha value is -4.21. The quantitative estimate of drug-likeness (QED) is 0.222. The number of carbonyl (C=O) groups is 1. The highest BCUT2D eigenvalue weighted by atomic mass is 32.2. The summed E-state index contributed by atoms with van der Waals surface area (Å²) in [6, 6.07) is 2.05. The summed E-state index contributed by atoms with van der Waals surface area (Å²) < 4.78 is 103. The van der Waals surface area contributed by atoms with Crippen molar-refractivity contribution >= 4 is 70.7 Å². The number of sulfone groups is 1. The molecule has 10 nitrogen and oxygen atoms in total. The molecule has 3 aliphatic rings. The molecule has 2 fully saturated rings. The van der Waals surface area contributed by atoms with Crippen LogP contribution in [0.2, 0.25) is 0 Å². The van der Waals surface area contributed by atoms with Crippen molar-refractivity contribution in [2.24, 2.45) is 5.41 Å². The maximum absolute atomic E-state index is 16.1. The molecule has 0 saturated carbocycles. The molecule has 0 aliphatic carbocycles. The van der Waals surface area contributed by atoms with Gasteiger partial charge >= 0.3 is 11.9 Å². The lowest BCUT2D eigenvalue weighted by atomic mass is 9.91. The summed E-state index contributed by atoms with van der Waals surface area (Å²) in [6.45, 7) is 7.02. The monoisotopic (exact) mass is 750 g/mol. The van der Waals surface area contributed by atoms with Gasteiger partial charge in [0.15, 0.2) is 9.84 Å². The predicted octanol–water partition coefficient (Wildman–Crippen LogP) is 5.16. The van der Waals surface area contributed by atoms with Crippen LogP contribution in [0.5, 0.6) is 0 Å². The van der Waals surface area contributed by atoms with Crippen molar-refractivity contribution < 1.29 is 35.2 Å². The third kappa shape index (κ3) is 5.15. The summed E-state index contributed by atoms with van der Waals surface area (Å²) in [7, 11) is -3.49. The number of nitrogen functional groups attached to an aromatic ring is 1. The summed E-state index contributed by atoms with van der Waals surface area (Å²) in [5, 5.41) is 9.17. The zero-order valence-corrected chi connectivity index (χ0v) is 28.8. The molecule has 18 heteroatoms. The summed E-state index contributed by atoms with van der Waals surface area (Å²) in [4.78, 5) is 33.8. The molecule has 0 bridgehead atoms. The fourth-order valence-corrected chi connectivity index (χ4v) is 12.5. The predicted molar refractivity (Wildman–Crippen MR) is 181 cm³/mol. The van der Waals surface area contributed by atoms with Crippen molar-refractivity contribution in [2.75, 3.05) is 41.0 Å². The molecule has 3 aliphatic heterocycles. The number of halogens is 5. The van der Waals surface area contributed by atoms with Gasteiger partial charge < -0.3 is 15.5 Å². The van der Waals surface area contributed by atoms with Gasteiger partial charge in [-0.15, -0.1) is 23.1 Å². The third-order valence-corrected chi connectivity index (χ3v) is 14.1. The van der Waals surface area contributed by atoms with Crippen LogP contribution in [0, 0.1) is 28.4 Å². The van der Waals surface area contributed by atoms with E-state index in [1.807, 2.05) is 0 Å². The van der Waals surface area contributed by atoms with E-state index in [1.165, 1.54) is 0 Å². The van der Waals surface area contributed by atoms with Gasteiger partial charge in [0.05, 0.1) is 32.8 Å². The van der Waals surface area contributed by atoms with Crippen molar-refractivity contribution in [3.05, 3.63) is 58.0 Å². The smallest absolute Gasteiger partial charge is 0.389 e. The topological polar surface area (TPSA) is 142 Å². The number of nitriles is 1. The van der Waals surface area contributed by atoms with E-state index in [2.05, 4.69) is 11.6 Å². The Kier molecular flexibility index (Phi) is 7.81. The van der Waals surface area contributed by atoms with Crippen LogP contribution in [0.3, 0.4) is 0 Å². The highest BCUT2D eigenvalue weighted by molar-refractivity contribution is 8.00. The summed E-state index contributed by atoms with van der Waals surface area (Å²) in [5.41, 5.74) is 0.872. The van der Waals surface area contributed by atoms with Crippen molar-refractivity contribution in [1.29, 1.82) is 5.26 Å². The molecular weight excluding hydrogens is 724 g/mol. The van der Waals surface area contributed by atoms with E-state index < -0.39 is 78.5 Å². The van der Waals surface area contributed by atoms with Crippen LogP contribution in [0.1, 0.15) is 25.0 Å². The van der Waals surface area contributed by atoms with Gasteiger partial charge in [0.2, 0.25) is 5.91 Å². The summed E-state index contributed by atoms with van der Waals surface area (Å²) in [5.74, 6) is -3.65. The maximum Gasteiger partial charge on any atom is 0.417 e. The van der Waals surface area contributed by atoms with Crippen LogP contribution in [-0.2, 0) is 27.4 Å². The number of benzene rings is 2. The van der Waals surface area contributed by atoms with E-state index in [-0.39, 0.29) is 74.1 Å². The Bertz CT molecular complexity index is 2380. The van der Waals surface area contributed by atoms with E-state index in [1.54, 1.807) is 29.7 Å². The number of amides is 1. The molecule has 1 amide bonds. The average Bonchev–Trinajstić information content (AvgIpc) is 3.24. The molecule has 2 saturated heterocycles. The van der Waals surface area contributed by atoms with E-state index >= 15 is 22.0 Å². The standard InChI is InChI=1S/C32H27F5N6O4S3/c1-4-21(44)43-14(2)8-41(9-15(43)3)29-16-5-18(32(35,36)37)23(24-19(33)6-20(34)26-22(24)17(7-38)28(39)49-26)27-25(16)42(30(45)40-29)10-31(11-48-27)12-50(46,47)13-31/h4-6,14-15H,1,8-13,39H2,2-3H3. The zero-order chi connectivity index (χ0) is 36.2. The molecule has 2 atom stereocenters. The van der Waals surface area contributed by atoms with Crippen LogP contribution in [-0.4, -0.2) is 71.2 Å². The minimum atomic E-state index is -5.15. The fourth-order valence-electron chi connectivity index (χ4n) is 7.68. The number of carbonyl (C=O) groups excluding carboxylic acids is 1. The lowest BCUT2D eigenvalue weighted by Crippen LogP contribution is -2.59. The molecule has 5 heterocycles. The molecule has 4 aromatic rings. The highest BCUT2D eigenvalue weighted by Gasteiger charge is 2.51. The molecule has 262 valence electrons. The molecule has 2 aromatic carbocycles. The normalized spacial score (nSPS) is 21.2. The molecule has 50 heavy (non-hydrogen) atoms. The second-order valence-electron chi connectivity index (χ2n) is 13.1. The average molecular weight is 751 g/mol. The lowest BCUT2D eigenvalue weighted by Gasteiger charge is -2.44. The van der Waals surface area contributed by atoms with Gasteiger partial charge in [-0.2, -0.15) is 23.4 Å². The molecular formula is C32H27F5N6O4S3. The molecule has 0 radical (unpaired) electrons. The summed E-state index contributed by atoms with van der Waals surface area (Å²) in [6.07, 6.45) is -3.99. The lowest BCUT2D eigenvalue weighted by molar-refractivity contribution is -0.137. The second-order valence-corrected chi connectivity index (χ2v) is 17.2. The van der Waals surface area contributed by atoms with Crippen molar-refractivity contribution in [2.45, 2.75) is 43.5 Å². The van der Waals surface area contributed by atoms with Crippen LogP contribution in [0.4, 0.5) is 32.8 Å². The molecule has 2 N–H and O–H groups in total. The number of hydrogen-bond acceptors (Lipinski definition) is 10. The van der Waals surface area contributed by atoms with E-state index in [9.17, 15) is 23.3 Å². The van der Waals surface area contributed by atoms with Crippen LogP contribution in [0.25, 0.3) is 32.1 Å². The van der Waals surface area contributed by atoms with Gasteiger partial charge in [-0.05, 0) is 26.0 Å². The number of thiophene rings is 1. The summed E-state index contributed by atoms with van der Waals surface area (Å²) >= 11 is 1.44. The molecule has 2 unspecified atom stereocenters. The van der Waals surface area contributed by atoms with Crippen LogP contribution in [0.15, 0.2) is 34.5 Å². The minimum Gasteiger partial charge on any atom is -0.389 e. The van der Waals surface area contributed by atoms with Gasteiger partial charge in [0, 0.05) is 75.7 Å². The molecule has 7 rings (SSSR count). The van der Waals surface area contributed by atoms with E-state index in [4.69, 9.17) is 5.73 Å². The van der Waals surface area contributed by atoms with E-state index in [0.717, 1.165) is 28.5 Å². The van der Waals surface area contributed by atoms with Crippen molar-refractivity contribution in [3.8, 4) is 17.2 Å². The Morgan fingerprint density at radius 3 is 2.40 bits per heavy atom. The Morgan fingerprint density at radius 1 is 1.16 bits per heavy atom. The number of anilines is 2. The maximum atomic E-state index is 16.1. The van der Waals surface area contributed by atoms with Gasteiger partial charge in [-0.25, -0.2) is 22.0 Å². The highest BCUT2D eigenvalue weighted by Crippen LogP contribution is 2.54. The zero-order valence-electron chi connectivity index (χ0n) is 26.4. The Morgan fingerprint density at radius 2 is 1.82 bits per heavy atom. The van der Waals surface area contributed by atoms with Gasteiger partial charge in [0.25, 0.3) is 0 Å². The van der Waals surface area contributed by atoms with Crippen molar-refractivity contribution in [3.63, 3.8) is 0 Å². The number of fused-ring (bicyclic) bond motifs is 1. The van der Waals surface area contributed by atoms with Gasteiger partial charge in [-0.3, -0.25) is 9.36 Å². The van der Waals surface area contributed by atoms with Crippen LogP contribution < -0.4 is 16.3 Å². The van der Waals surface area contributed by atoms with Crippen molar-refractivity contribution in [1.82, 2.24) is 14.5 Å². The number of piperazine rings is 1. The molecule has 2 aromatic heterocycles. The Labute approximate surface area is 289 Å². The number of nitrogens with two attached hydrogens (primary N) is 1. The second kappa shape index (κ2) is 11.4. The number of rotatable bonds is 3. The largest absolute Gasteiger partial charge is 0.417 e. The fraction of sp³-hybridized carbons (Fsp3) is 0.375. The van der Waals surface area contributed by atoms with E-state index in [0.29, 0.717) is 17.4 Å². The first kappa shape index (κ1) is 34.2. The Balaban J connectivity index is 1.59. The van der Waals surface area contributed by atoms with Gasteiger partial charge in [0.1, 0.15) is 28.5 Å². The first-order valence-electron chi connectivity index (χ1n) is 15.2. The van der Waals surface area contributed by atoms with Crippen LogP contribution >= 0.6 is 23.1 Å².